The van der Waals surface area contributed by atoms with Crippen LogP contribution in [0.5, 0.6) is 0 Å². The zero-order chi connectivity index (χ0) is 31.0. The van der Waals surface area contributed by atoms with E-state index >= 15 is 0 Å². The maximum absolute atomic E-state index is 14.5. The normalized spacial score (nSPS) is 23.8. The number of rotatable bonds is 8. The van der Waals surface area contributed by atoms with Crippen molar-refractivity contribution in [2.75, 3.05) is 13.1 Å². The fourth-order valence-corrected chi connectivity index (χ4v) is 6.90. The van der Waals surface area contributed by atoms with Crippen LogP contribution in [0.15, 0.2) is 48.7 Å². The second-order valence-electron chi connectivity index (χ2n) is 12.1. The molecule has 3 aromatic rings. The average Bonchev–Trinajstić information content (AvgIpc) is 3.57. The summed E-state index contributed by atoms with van der Waals surface area (Å²) in [5, 5.41) is 8.73. The van der Waals surface area contributed by atoms with Crippen LogP contribution in [0.1, 0.15) is 76.4 Å². The monoisotopic (exact) mass is 612 g/mol. The van der Waals surface area contributed by atoms with Gasteiger partial charge in [0, 0.05) is 49.7 Å². The molecule has 2 saturated heterocycles. The number of benzene rings is 2. The molecule has 0 bridgehead atoms. The van der Waals surface area contributed by atoms with Crippen LogP contribution in [0.2, 0.25) is 5.02 Å². The molecule has 5 rings (SSSR count). The van der Waals surface area contributed by atoms with E-state index in [1.54, 1.807) is 27.8 Å². The van der Waals surface area contributed by atoms with Crippen molar-refractivity contribution < 1.29 is 18.4 Å². The summed E-state index contributed by atoms with van der Waals surface area (Å²) in [5.74, 6) is -1.67. The summed E-state index contributed by atoms with van der Waals surface area (Å²) >= 11 is 5.94. The summed E-state index contributed by atoms with van der Waals surface area (Å²) in [6.45, 7) is 11.4. The van der Waals surface area contributed by atoms with Gasteiger partial charge in [-0.1, -0.05) is 48.0 Å². The maximum Gasteiger partial charge on any atom is 0.228 e. The first-order chi connectivity index (χ1) is 20.5. The predicted octanol–water partition coefficient (Wildman–Crippen LogP) is 5.63. The summed E-state index contributed by atoms with van der Waals surface area (Å²) in [7, 11) is 0. The second kappa shape index (κ2) is 12.7. The largest absolute Gasteiger partial charge is 0.339 e. The minimum Gasteiger partial charge on any atom is -0.339 e. The van der Waals surface area contributed by atoms with E-state index in [0.717, 1.165) is 5.69 Å². The molecule has 8 nitrogen and oxygen atoms in total. The molecule has 0 spiro atoms. The third-order valence-corrected chi connectivity index (χ3v) is 9.11. The highest BCUT2D eigenvalue weighted by Crippen LogP contribution is 2.41. The van der Waals surface area contributed by atoms with Crippen molar-refractivity contribution in [3.8, 4) is 0 Å². The van der Waals surface area contributed by atoms with E-state index in [9.17, 15) is 18.4 Å². The van der Waals surface area contributed by atoms with Crippen molar-refractivity contribution >= 4 is 23.4 Å². The molecule has 2 fully saturated rings. The lowest BCUT2D eigenvalue weighted by molar-refractivity contribution is -0.141. The number of nitrogens with zero attached hydrogens (tertiary/aromatic N) is 6. The van der Waals surface area contributed by atoms with Gasteiger partial charge in [0.05, 0.1) is 34.9 Å². The van der Waals surface area contributed by atoms with E-state index in [4.69, 9.17) is 11.6 Å². The van der Waals surface area contributed by atoms with E-state index in [2.05, 4.69) is 29.1 Å². The molecule has 0 saturated carbocycles. The molecule has 5 atom stereocenters. The fourth-order valence-electron chi connectivity index (χ4n) is 6.78. The van der Waals surface area contributed by atoms with E-state index < -0.39 is 17.8 Å². The lowest BCUT2D eigenvalue weighted by Gasteiger charge is -2.45. The molecule has 0 aliphatic carbocycles. The first-order valence-corrected chi connectivity index (χ1v) is 15.3. The van der Waals surface area contributed by atoms with Crippen molar-refractivity contribution in [3.63, 3.8) is 0 Å². The second-order valence-corrected chi connectivity index (χ2v) is 12.5. The van der Waals surface area contributed by atoms with E-state index in [0.29, 0.717) is 37.2 Å². The van der Waals surface area contributed by atoms with E-state index in [1.807, 2.05) is 37.9 Å². The molecule has 2 aliphatic heterocycles. The summed E-state index contributed by atoms with van der Waals surface area (Å²) < 4.78 is 30.7. The highest BCUT2D eigenvalue weighted by molar-refractivity contribution is 6.30. The van der Waals surface area contributed by atoms with Gasteiger partial charge in [-0.3, -0.25) is 14.5 Å². The maximum atomic E-state index is 14.5. The Morgan fingerprint density at radius 1 is 1.07 bits per heavy atom. The number of carbonyl (C=O) groups excluding carboxylic acids is 2. The van der Waals surface area contributed by atoms with Gasteiger partial charge >= 0.3 is 0 Å². The van der Waals surface area contributed by atoms with Crippen molar-refractivity contribution in [2.45, 2.75) is 84.2 Å². The predicted molar refractivity (Wildman–Crippen MR) is 160 cm³/mol. The molecule has 2 unspecified atom stereocenters. The number of likely N-dealkylation sites (tertiary alicyclic amines) is 1. The lowest BCUT2D eigenvalue weighted by Crippen LogP contribution is -2.58. The van der Waals surface area contributed by atoms with Crippen LogP contribution in [0.4, 0.5) is 8.78 Å². The Hall–Kier alpha value is -3.37. The highest BCUT2D eigenvalue weighted by atomic mass is 35.5. The highest BCUT2D eigenvalue weighted by Gasteiger charge is 2.48. The topological polar surface area (TPSA) is 74.6 Å². The number of aromatic nitrogens is 3. The van der Waals surface area contributed by atoms with Crippen LogP contribution in [0, 0.1) is 17.6 Å². The van der Waals surface area contributed by atoms with Gasteiger partial charge < -0.3 is 9.80 Å². The van der Waals surface area contributed by atoms with Gasteiger partial charge in [0.1, 0.15) is 11.6 Å². The Morgan fingerprint density at radius 2 is 1.77 bits per heavy atom. The average molecular weight is 613 g/mol. The van der Waals surface area contributed by atoms with Gasteiger partial charge in [0.15, 0.2) is 0 Å². The Morgan fingerprint density at radius 3 is 2.40 bits per heavy atom. The third kappa shape index (κ3) is 6.17. The van der Waals surface area contributed by atoms with Crippen LogP contribution in [0.25, 0.3) is 0 Å². The summed E-state index contributed by atoms with van der Waals surface area (Å²) in [6.07, 6.45) is 2.62. The molecule has 230 valence electrons. The molecule has 0 N–H and O–H groups in total. The molecule has 2 aliphatic rings. The summed E-state index contributed by atoms with van der Waals surface area (Å²) in [4.78, 5) is 33.0. The molecule has 43 heavy (non-hydrogen) atoms. The van der Waals surface area contributed by atoms with Gasteiger partial charge in [0.2, 0.25) is 11.8 Å². The Balaban J connectivity index is 1.30. The van der Waals surface area contributed by atoms with Crippen LogP contribution >= 0.6 is 11.6 Å². The van der Waals surface area contributed by atoms with Gasteiger partial charge in [-0.2, -0.15) is 0 Å². The molecule has 2 amide bonds. The fraction of sp³-hybridized carbons (Fsp3) is 0.500. The number of amides is 2. The van der Waals surface area contributed by atoms with Crippen molar-refractivity contribution in [2.24, 2.45) is 5.92 Å². The Labute approximate surface area is 256 Å². The van der Waals surface area contributed by atoms with Crippen molar-refractivity contribution in [3.05, 3.63) is 82.1 Å². The standard InChI is InChI=1S/C32H39ClF2N6O2/c1-6-29(24-9-7-8-10-27(24)34)40-18-23(36-37-40)17-39-20(4)15-38(16-21(39)5)32(43)25-14-30(42)41(19(2)3)31(25)22-11-12-26(33)28(35)13-22/h7-13,18-21,25,29,31H,6,14-17H2,1-5H3/t20-,21+,25?,29-,31?/m1/s1. The molecule has 0 radical (unpaired) electrons. The minimum absolute atomic E-state index is 0.00305. The molecular formula is C32H39ClF2N6O2. The Bertz CT molecular complexity index is 1470. The zero-order valence-corrected chi connectivity index (χ0v) is 26.0. The molecular weight excluding hydrogens is 574 g/mol. The first-order valence-electron chi connectivity index (χ1n) is 15.0. The number of piperazine rings is 1. The van der Waals surface area contributed by atoms with Gasteiger partial charge in [-0.05, 0) is 57.9 Å². The molecule has 2 aromatic carbocycles. The van der Waals surface area contributed by atoms with Crippen LogP contribution in [-0.2, 0) is 16.1 Å². The van der Waals surface area contributed by atoms with Gasteiger partial charge in [-0.25, -0.2) is 13.5 Å². The number of carbonyl (C=O) groups is 2. The van der Waals surface area contributed by atoms with Crippen molar-refractivity contribution in [1.29, 1.82) is 0 Å². The summed E-state index contributed by atoms with van der Waals surface area (Å²) in [5.41, 5.74) is 1.92. The first kappa shape index (κ1) is 31.1. The zero-order valence-electron chi connectivity index (χ0n) is 25.3. The molecule has 11 heteroatoms. The number of halogens is 3. The van der Waals surface area contributed by atoms with E-state index in [1.165, 1.54) is 18.2 Å². The SMILES string of the molecule is CC[C@H](c1ccccc1F)n1cc(CN2[C@H](C)CN(C(=O)C3CC(=O)N(C(C)C)C3c3ccc(Cl)c(F)c3)C[C@@H]2C)nn1. The lowest BCUT2D eigenvalue weighted by atomic mass is 9.91. The number of hydrogen-bond acceptors (Lipinski definition) is 5. The third-order valence-electron chi connectivity index (χ3n) is 8.81. The van der Waals surface area contributed by atoms with Gasteiger partial charge in [0.25, 0.3) is 0 Å². The van der Waals surface area contributed by atoms with Crippen LogP contribution in [-0.4, -0.2) is 72.7 Å². The summed E-state index contributed by atoms with van der Waals surface area (Å²) in [6, 6.07) is 10.3. The van der Waals surface area contributed by atoms with E-state index in [-0.39, 0.29) is 53.2 Å². The van der Waals surface area contributed by atoms with Crippen molar-refractivity contribution in [1.82, 2.24) is 29.7 Å². The molecule has 1 aromatic heterocycles. The smallest absolute Gasteiger partial charge is 0.228 e. The van der Waals surface area contributed by atoms with Crippen LogP contribution < -0.4 is 0 Å². The quantitative estimate of drug-likeness (QED) is 0.330. The minimum atomic E-state index is -0.620. The van der Waals surface area contributed by atoms with Gasteiger partial charge in [-0.15, -0.1) is 5.10 Å². The van der Waals surface area contributed by atoms with Crippen LogP contribution in [0.3, 0.4) is 0 Å². The number of hydrogen-bond donors (Lipinski definition) is 0. The Kier molecular flexibility index (Phi) is 9.18. The molecule has 3 heterocycles.